The number of anilines is 1. The first-order valence-electron chi connectivity index (χ1n) is 9.29. The van der Waals surface area contributed by atoms with Crippen LogP contribution < -0.4 is 4.90 Å². The van der Waals surface area contributed by atoms with Gasteiger partial charge in [0.15, 0.2) is 10.9 Å². The van der Waals surface area contributed by atoms with E-state index in [1.807, 2.05) is 41.5 Å². The molecule has 0 radical (unpaired) electrons. The van der Waals surface area contributed by atoms with Crippen LogP contribution in [0.2, 0.25) is 0 Å². The Labute approximate surface area is 200 Å². The number of hydrogen-bond acceptors (Lipinski definition) is 5. The van der Waals surface area contributed by atoms with Gasteiger partial charge < -0.3 is 4.90 Å². The second-order valence-corrected chi connectivity index (χ2v) is 11.4. The third-order valence-electron chi connectivity index (χ3n) is 5.09. The van der Waals surface area contributed by atoms with Gasteiger partial charge in [-0.3, -0.25) is 0 Å². The second kappa shape index (κ2) is 8.86. The smallest absolute Gasteiger partial charge is 0.247 e. The minimum Gasteiger partial charge on any atom is -0.345 e. The number of thiazole rings is 1. The van der Waals surface area contributed by atoms with Crippen LogP contribution in [0.25, 0.3) is 11.3 Å². The highest BCUT2D eigenvalue weighted by Gasteiger charge is 2.35. The molecule has 0 amide bonds. The lowest BCUT2D eigenvalue weighted by atomic mass is 10.1. The van der Waals surface area contributed by atoms with E-state index in [2.05, 4.69) is 31.9 Å². The van der Waals surface area contributed by atoms with Crippen LogP contribution in [0.3, 0.4) is 0 Å². The van der Waals surface area contributed by atoms with E-state index in [4.69, 9.17) is 4.98 Å². The quantitative estimate of drug-likeness (QED) is 0.379. The second-order valence-electron chi connectivity index (χ2n) is 7.02. The van der Waals surface area contributed by atoms with E-state index in [-0.39, 0.29) is 17.6 Å². The summed E-state index contributed by atoms with van der Waals surface area (Å²) in [5.74, 6) is -1.87. The fourth-order valence-electron chi connectivity index (χ4n) is 3.42. The maximum atomic E-state index is 14.6. The maximum Gasteiger partial charge on any atom is 0.247 e. The van der Waals surface area contributed by atoms with Crippen LogP contribution in [-0.2, 0) is 10.0 Å². The summed E-state index contributed by atoms with van der Waals surface area (Å²) in [4.78, 5) is 6.03. The number of sulfonamides is 1. The molecule has 0 spiro atoms. The Morgan fingerprint density at radius 1 is 1.10 bits per heavy atom. The van der Waals surface area contributed by atoms with Crippen molar-refractivity contribution in [1.29, 1.82) is 0 Å². The third kappa shape index (κ3) is 4.30. The molecule has 0 unspecified atom stereocenters. The molecule has 3 aromatic rings. The van der Waals surface area contributed by atoms with Gasteiger partial charge in [0, 0.05) is 37.1 Å². The van der Waals surface area contributed by atoms with E-state index in [1.165, 1.54) is 15.6 Å². The Balaban J connectivity index is 1.53. The Morgan fingerprint density at radius 3 is 2.45 bits per heavy atom. The highest BCUT2D eigenvalue weighted by atomic mass is 79.9. The fourth-order valence-corrected chi connectivity index (χ4v) is 7.29. The van der Waals surface area contributed by atoms with Crippen molar-refractivity contribution in [1.82, 2.24) is 9.29 Å². The molecule has 1 aliphatic rings. The van der Waals surface area contributed by atoms with Crippen LogP contribution in [0, 0.1) is 18.6 Å². The Hall–Kier alpha value is -1.40. The average molecular weight is 593 g/mol. The van der Waals surface area contributed by atoms with E-state index in [0.717, 1.165) is 28.0 Å². The van der Waals surface area contributed by atoms with Crippen molar-refractivity contribution < 1.29 is 17.2 Å². The van der Waals surface area contributed by atoms with Crippen LogP contribution in [0.15, 0.2) is 49.6 Å². The molecule has 0 aliphatic carbocycles. The molecule has 4 rings (SSSR count). The van der Waals surface area contributed by atoms with Gasteiger partial charge in [-0.2, -0.15) is 4.31 Å². The van der Waals surface area contributed by atoms with Gasteiger partial charge in [-0.05, 0) is 50.4 Å². The van der Waals surface area contributed by atoms with Crippen molar-refractivity contribution >= 4 is 58.4 Å². The van der Waals surface area contributed by atoms with Crippen molar-refractivity contribution in [3.05, 3.63) is 61.9 Å². The fraction of sp³-hybridized carbons (Fsp3) is 0.250. The van der Waals surface area contributed by atoms with Crippen molar-refractivity contribution in [2.45, 2.75) is 11.8 Å². The topological polar surface area (TPSA) is 53.5 Å². The summed E-state index contributed by atoms with van der Waals surface area (Å²) in [6, 6.07) is 8.88. The van der Waals surface area contributed by atoms with Gasteiger partial charge in [-0.25, -0.2) is 22.2 Å². The molecule has 1 aromatic heterocycles. The van der Waals surface area contributed by atoms with Crippen molar-refractivity contribution in [2.75, 3.05) is 31.1 Å². The molecule has 0 N–H and O–H groups in total. The van der Waals surface area contributed by atoms with Gasteiger partial charge in [0.25, 0.3) is 0 Å². The molecule has 2 heterocycles. The zero-order valence-electron chi connectivity index (χ0n) is 16.3. The molecule has 1 fully saturated rings. The van der Waals surface area contributed by atoms with E-state index < -0.39 is 31.0 Å². The van der Waals surface area contributed by atoms with Crippen molar-refractivity contribution in [3.8, 4) is 11.3 Å². The summed E-state index contributed by atoms with van der Waals surface area (Å²) in [7, 11) is -4.22. The van der Waals surface area contributed by atoms with E-state index in [0.29, 0.717) is 13.1 Å². The Bertz CT molecular complexity index is 1220. The zero-order valence-corrected chi connectivity index (χ0v) is 21.1. The first-order valence-corrected chi connectivity index (χ1v) is 13.2. The van der Waals surface area contributed by atoms with E-state index >= 15 is 0 Å². The van der Waals surface area contributed by atoms with Crippen molar-refractivity contribution in [2.24, 2.45) is 0 Å². The summed E-state index contributed by atoms with van der Waals surface area (Å²) in [6.07, 6.45) is 0. The minimum absolute atomic E-state index is 0.140. The zero-order chi connectivity index (χ0) is 22.3. The number of benzene rings is 2. The summed E-state index contributed by atoms with van der Waals surface area (Å²) < 4.78 is 55.2. The molecule has 164 valence electrons. The first-order chi connectivity index (χ1) is 14.7. The highest BCUT2D eigenvalue weighted by molar-refractivity contribution is 9.11. The predicted octanol–water partition coefficient (Wildman–Crippen LogP) is 5.43. The number of hydrogen-bond donors (Lipinski definition) is 0. The van der Waals surface area contributed by atoms with Gasteiger partial charge >= 0.3 is 0 Å². The number of aryl methyl sites for hydroxylation is 1. The van der Waals surface area contributed by atoms with Gasteiger partial charge in [0.05, 0.1) is 14.6 Å². The lowest BCUT2D eigenvalue weighted by molar-refractivity contribution is 0.381. The van der Waals surface area contributed by atoms with Gasteiger partial charge in [-0.1, -0.05) is 24.3 Å². The molecule has 31 heavy (non-hydrogen) atoms. The largest absolute Gasteiger partial charge is 0.345 e. The summed E-state index contributed by atoms with van der Waals surface area (Å²) >= 11 is 7.26. The molecule has 1 saturated heterocycles. The van der Waals surface area contributed by atoms with Crippen LogP contribution in [0.4, 0.5) is 13.9 Å². The first kappa shape index (κ1) is 22.8. The molecule has 0 saturated carbocycles. The summed E-state index contributed by atoms with van der Waals surface area (Å²) in [5.41, 5.74) is 3.07. The van der Waals surface area contributed by atoms with E-state index in [1.54, 1.807) is 0 Å². The normalized spacial score (nSPS) is 15.5. The molecule has 5 nitrogen and oxygen atoms in total. The van der Waals surface area contributed by atoms with Gasteiger partial charge in [-0.15, -0.1) is 11.3 Å². The van der Waals surface area contributed by atoms with Gasteiger partial charge in [0.1, 0.15) is 10.7 Å². The molecular weight excluding hydrogens is 576 g/mol. The van der Waals surface area contributed by atoms with Gasteiger partial charge in [0.2, 0.25) is 10.0 Å². The number of halogens is 4. The molecule has 0 bridgehead atoms. The van der Waals surface area contributed by atoms with Crippen LogP contribution >= 0.6 is 43.2 Å². The maximum absolute atomic E-state index is 14.6. The van der Waals surface area contributed by atoms with Crippen LogP contribution in [0.5, 0.6) is 0 Å². The number of nitrogens with zero attached hydrogens (tertiary/aromatic N) is 3. The molecule has 11 heteroatoms. The summed E-state index contributed by atoms with van der Waals surface area (Å²) in [5, 5.41) is 2.79. The van der Waals surface area contributed by atoms with Crippen LogP contribution in [0.1, 0.15) is 5.56 Å². The Kier molecular flexibility index (Phi) is 6.51. The lowest BCUT2D eigenvalue weighted by Crippen LogP contribution is -2.48. The summed E-state index contributed by atoms with van der Waals surface area (Å²) in [6.45, 7) is 3.11. The SMILES string of the molecule is Cc1ccccc1-c1csc(N2CCN(S(=O)(=O)c3c(F)c(Br)cc(F)c3Br)CC2)n1. The number of rotatable bonds is 4. The monoisotopic (exact) mass is 591 g/mol. The standard InChI is InChI=1S/C20H17Br2F2N3O2S2/c1-12-4-2-3-5-13(12)16-11-30-20(25-16)26-6-8-27(9-7-26)31(28,29)19-17(22)15(23)10-14(21)18(19)24/h2-5,10-11H,6-9H2,1H3. The minimum atomic E-state index is -4.22. The van der Waals surface area contributed by atoms with Crippen LogP contribution in [-0.4, -0.2) is 43.9 Å². The third-order valence-corrected chi connectivity index (χ3v) is 9.55. The average Bonchev–Trinajstić information content (AvgIpc) is 3.23. The van der Waals surface area contributed by atoms with Crippen molar-refractivity contribution in [3.63, 3.8) is 0 Å². The number of aromatic nitrogens is 1. The molecule has 2 aromatic carbocycles. The predicted molar refractivity (Wildman–Crippen MR) is 125 cm³/mol. The highest BCUT2D eigenvalue weighted by Crippen LogP contribution is 2.35. The van der Waals surface area contributed by atoms with E-state index in [9.17, 15) is 17.2 Å². The molecular formula is C20H17Br2F2N3O2S2. The number of piperazine rings is 1. The molecule has 0 atom stereocenters. The lowest BCUT2D eigenvalue weighted by Gasteiger charge is -2.34. The molecule has 1 aliphatic heterocycles. The Morgan fingerprint density at radius 2 is 1.77 bits per heavy atom.